The van der Waals surface area contributed by atoms with Crippen molar-refractivity contribution < 1.29 is 4.42 Å². The number of anilines is 3. The molecule has 3 heteroatoms. The number of benzene rings is 12. The molecule has 12 aromatic carbocycles. The van der Waals surface area contributed by atoms with Gasteiger partial charge in [-0.05, 0) is 139 Å². The van der Waals surface area contributed by atoms with E-state index < -0.39 is 0 Å². The highest BCUT2D eigenvalue weighted by atomic mass is 16.3. The van der Waals surface area contributed by atoms with Crippen molar-refractivity contribution in [3.63, 3.8) is 0 Å². The molecule has 0 saturated carbocycles. The van der Waals surface area contributed by atoms with Crippen molar-refractivity contribution in [2.24, 2.45) is 0 Å². The zero-order valence-corrected chi connectivity index (χ0v) is 39.9. The minimum Gasteiger partial charge on any atom is -0.456 e. The Bertz CT molecular complexity index is 4280. The average Bonchev–Trinajstić information content (AvgIpc) is 4.02. The van der Waals surface area contributed by atoms with E-state index in [0.29, 0.717) is 0 Å². The molecule has 2 heterocycles. The van der Waals surface area contributed by atoms with Crippen LogP contribution in [0.2, 0.25) is 0 Å². The summed E-state index contributed by atoms with van der Waals surface area (Å²) in [5.41, 5.74) is 20.4. The van der Waals surface area contributed by atoms with Gasteiger partial charge in [0.25, 0.3) is 0 Å². The minimum atomic E-state index is 0.907. The van der Waals surface area contributed by atoms with Crippen LogP contribution in [0.3, 0.4) is 0 Å². The quantitative estimate of drug-likeness (QED) is 0.144. The SMILES string of the molecule is c1cc(-c2ccc(-c3ccc(N(c4ccc(-c5ccc(-c6cccc7oc8ccccc8c67)cc5)cc4)c4ccc(-c5cccc6ccccc56)cc4)cc3)cc2)cc(-n2c3ccccc3c3ccccc32)c1. The van der Waals surface area contributed by atoms with Gasteiger partial charge in [0.2, 0.25) is 0 Å². The van der Waals surface area contributed by atoms with Crippen molar-refractivity contribution in [3.8, 4) is 61.3 Å². The highest BCUT2D eigenvalue weighted by Crippen LogP contribution is 2.41. The Hall–Kier alpha value is -9.70. The van der Waals surface area contributed by atoms with E-state index in [9.17, 15) is 0 Å². The van der Waals surface area contributed by atoms with Crippen LogP contribution in [-0.4, -0.2) is 4.57 Å². The normalized spacial score (nSPS) is 11.6. The highest BCUT2D eigenvalue weighted by Gasteiger charge is 2.17. The first-order valence-corrected chi connectivity index (χ1v) is 25.0. The molecule has 0 saturated heterocycles. The second-order valence-corrected chi connectivity index (χ2v) is 18.9. The van der Waals surface area contributed by atoms with Gasteiger partial charge in [0.1, 0.15) is 11.2 Å². The summed E-state index contributed by atoms with van der Waals surface area (Å²) in [5, 5.41) is 7.31. The zero-order chi connectivity index (χ0) is 48.2. The van der Waals surface area contributed by atoms with E-state index in [2.05, 4.69) is 276 Å². The third kappa shape index (κ3) is 7.46. The maximum absolute atomic E-state index is 6.21. The van der Waals surface area contributed by atoms with Gasteiger partial charge in [-0.15, -0.1) is 0 Å². The number of hydrogen-bond donors (Lipinski definition) is 0. The summed E-state index contributed by atoms with van der Waals surface area (Å²) in [7, 11) is 0. The summed E-state index contributed by atoms with van der Waals surface area (Å²) in [5.74, 6) is 0. The number of furan rings is 1. The number of hydrogen-bond acceptors (Lipinski definition) is 2. The molecule has 0 fully saturated rings. The number of rotatable bonds is 9. The van der Waals surface area contributed by atoms with E-state index in [4.69, 9.17) is 4.42 Å². The van der Waals surface area contributed by atoms with Crippen LogP contribution in [0.1, 0.15) is 0 Å². The summed E-state index contributed by atoms with van der Waals surface area (Å²) in [4.78, 5) is 2.35. The fourth-order valence-corrected chi connectivity index (χ4v) is 11.1. The Morgan fingerprint density at radius 2 is 0.685 bits per heavy atom. The Morgan fingerprint density at radius 3 is 1.30 bits per heavy atom. The van der Waals surface area contributed by atoms with Crippen LogP contribution < -0.4 is 4.90 Å². The third-order valence-corrected chi connectivity index (χ3v) is 14.6. The van der Waals surface area contributed by atoms with Gasteiger partial charge in [-0.2, -0.15) is 0 Å². The molecule has 2 aromatic heterocycles. The van der Waals surface area contributed by atoms with Gasteiger partial charge in [0.05, 0.1) is 11.0 Å². The number of para-hydroxylation sites is 3. The number of aromatic nitrogens is 1. The number of nitrogens with zero attached hydrogens (tertiary/aromatic N) is 2. The van der Waals surface area contributed by atoms with Crippen LogP contribution >= 0.6 is 0 Å². The van der Waals surface area contributed by atoms with Crippen molar-refractivity contribution in [2.45, 2.75) is 0 Å². The lowest BCUT2D eigenvalue weighted by Crippen LogP contribution is -2.09. The van der Waals surface area contributed by atoms with Crippen molar-refractivity contribution in [1.82, 2.24) is 4.57 Å². The maximum Gasteiger partial charge on any atom is 0.136 e. The van der Waals surface area contributed by atoms with Crippen molar-refractivity contribution in [2.75, 3.05) is 4.90 Å². The molecule has 14 aromatic rings. The van der Waals surface area contributed by atoms with E-state index in [-0.39, 0.29) is 0 Å². The molecule has 73 heavy (non-hydrogen) atoms. The molecule has 0 atom stereocenters. The second-order valence-electron chi connectivity index (χ2n) is 18.9. The van der Waals surface area contributed by atoms with E-state index in [1.165, 1.54) is 66.0 Å². The van der Waals surface area contributed by atoms with E-state index >= 15 is 0 Å². The molecule has 0 radical (unpaired) electrons. The van der Waals surface area contributed by atoms with Gasteiger partial charge in [-0.25, -0.2) is 0 Å². The molecule has 0 unspecified atom stereocenters. The van der Waals surface area contributed by atoms with Crippen LogP contribution in [0.15, 0.2) is 283 Å². The lowest BCUT2D eigenvalue weighted by Gasteiger charge is -2.26. The smallest absolute Gasteiger partial charge is 0.136 e. The molecule has 3 nitrogen and oxygen atoms in total. The molecule has 14 rings (SSSR count). The largest absolute Gasteiger partial charge is 0.456 e. The number of fused-ring (bicyclic) bond motifs is 7. The van der Waals surface area contributed by atoms with E-state index in [0.717, 1.165) is 66.9 Å². The molecule has 0 aliphatic rings. The van der Waals surface area contributed by atoms with Gasteiger partial charge in [0, 0.05) is 44.3 Å². The summed E-state index contributed by atoms with van der Waals surface area (Å²) >= 11 is 0. The standard InChI is InChI=1S/C70H46N2O/c1-2-16-60-52(12-1)13-10-20-61(60)53-38-44-58(45-39-53)71(57-42-36-50(37-43-57)48-30-32-54(33-31-48)62-21-11-25-69-70(62)65-19-5-8-24-68(65)73-69)56-40-34-49(35-41-56)47-26-28-51(29-27-47)55-14-9-15-59(46-55)72-66-22-6-3-17-63(66)64-18-4-7-23-67(64)72/h1-46H. The predicted molar refractivity (Wildman–Crippen MR) is 307 cm³/mol. The molecule has 0 N–H and O–H groups in total. The molecule has 0 amide bonds. The predicted octanol–water partition coefficient (Wildman–Crippen LogP) is 19.6. The summed E-state index contributed by atoms with van der Waals surface area (Å²) in [6, 6.07) is 101. The van der Waals surface area contributed by atoms with Crippen LogP contribution in [0.5, 0.6) is 0 Å². The maximum atomic E-state index is 6.21. The van der Waals surface area contributed by atoms with Gasteiger partial charge in [-0.3, -0.25) is 0 Å². The van der Waals surface area contributed by atoms with Gasteiger partial charge >= 0.3 is 0 Å². The lowest BCUT2D eigenvalue weighted by molar-refractivity contribution is 0.669. The highest BCUT2D eigenvalue weighted by molar-refractivity contribution is 6.12. The van der Waals surface area contributed by atoms with E-state index in [1.807, 2.05) is 12.1 Å². The molecule has 0 aliphatic carbocycles. The van der Waals surface area contributed by atoms with Crippen LogP contribution in [-0.2, 0) is 0 Å². The second kappa shape index (κ2) is 17.6. The van der Waals surface area contributed by atoms with E-state index in [1.54, 1.807) is 0 Å². The fraction of sp³-hybridized carbons (Fsp3) is 0. The monoisotopic (exact) mass is 930 g/mol. The molecular weight excluding hydrogens is 885 g/mol. The molecule has 0 aliphatic heterocycles. The Balaban J connectivity index is 0.772. The summed E-state index contributed by atoms with van der Waals surface area (Å²) in [6.45, 7) is 0. The van der Waals surface area contributed by atoms with Gasteiger partial charge < -0.3 is 13.9 Å². The van der Waals surface area contributed by atoms with Crippen LogP contribution in [0, 0.1) is 0 Å². The minimum absolute atomic E-state index is 0.907. The topological polar surface area (TPSA) is 21.3 Å². The first-order valence-electron chi connectivity index (χ1n) is 25.0. The Labute approximate surface area is 423 Å². The zero-order valence-electron chi connectivity index (χ0n) is 39.9. The average molecular weight is 931 g/mol. The Morgan fingerprint density at radius 1 is 0.274 bits per heavy atom. The molecule has 0 spiro atoms. The first-order chi connectivity index (χ1) is 36.2. The summed E-state index contributed by atoms with van der Waals surface area (Å²) in [6.07, 6.45) is 0. The molecule has 0 bridgehead atoms. The fourth-order valence-electron chi connectivity index (χ4n) is 11.1. The Kier molecular flexibility index (Phi) is 10.2. The summed E-state index contributed by atoms with van der Waals surface area (Å²) < 4.78 is 8.59. The third-order valence-electron chi connectivity index (χ3n) is 14.6. The molecule has 342 valence electrons. The van der Waals surface area contributed by atoms with Crippen molar-refractivity contribution >= 4 is 71.6 Å². The van der Waals surface area contributed by atoms with Crippen molar-refractivity contribution in [1.29, 1.82) is 0 Å². The lowest BCUT2D eigenvalue weighted by atomic mass is 9.96. The van der Waals surface area contributed by atoms with Crippen LogP contribution in [0.25, 0.3) is 116 Å². The van der Waals surface area contributed by atoms with Gasteiger partial charge in [-0.1, -0.05) is 206 Å². The van der Waals surface area contributed by atoms with Gasteiger partial charge in [0.15, 0.2) is 0 Å². The molecular formula is C70H46N2O. The first kappa shape index (κ1) is 42.2. The van der Waals surface area contributed by atoms with Crippen LogP contribution in [0.4, 0.5) is 17.1 Å². The van der Waals surface area contributed by atoms with Crippen molar-refractivity contribution in [3.05, 3.63) is 279 Å².